The lowest BCUT2D eigenvalue weighted by Gasteiger charge is -2.35. The number of carbonyl (C=O) groups is 1. The standard InChI is InChI=1S/C12H24N2O5S/c1-9(2)19-11(15)14-20(17,18)13-8-12(16)6-4-5-10(3)7-12/h9-10,13,16H,4-8H2,1-3H3,(H,14,15). The molecule has 1 aliphatic carbocycles. The van der Waals surface area contributed by atoms with E-state index in [0.29, 0.717) is 18.8 Å². The molecular weight excluding hydrogens is 284 g/mol. The lowest BCUT2D eigenvalue weighted by atomic mass is 9.79. The molecule has 3 N–H and O–H groups in total. The Kier molecular flexibility index (Phi) is 5.79. The molecule has 0 aromatic rings. The molecule has 2 unspecified atom stereocenters. The summed E-state index contributed by atoms with van der Waals surface area (Å²) >= 11 is 0. The number of ether oxygens (including phenoxy) is 1. The molecule has 0 spiro atoms. The van der Waals surface area contributed by atoms with Crippen LogP contribution in [0, 0.1) is 5.92 Å². The Morgan fingerprint density at radius 3 is 2.70 bits per heavy atom. The number of rotatable bonds is 5. The number of hydrogen-bond donors (Lipinski definition) is 3. The Bertz CT molecular complexity index is 437. The van der Waals surface area contributed by atoms with Crippen LogP contribution in [0.3, 0.4) is 0 Å². The Hall–Kier alpha value is -0.860. The first-order chi connectivity index (χ1) is 9.12. The van der Waals surface area contributed by atoms with E-state index >= 15 is 0 Å². The van der Waals surface area contributed by atoms with Crippen molar-refractivity contribution in [2.24, 2.45) is 5.92 Å². The van der Waals surface area contributed by atoms with Gasteiger partial charge < -0.3 is 9.84 Å². The highest BCUT2D eigenvalue weighted by Gasteiger charge is 2.33. The molecule has 20 heavy (non-hydrogen) atoms. The van der Waals surface area contributed by atoms with Crippen molar-refractivity contribution in [1.82, 2.24) is 9.44 Å². The van der Waals surface area contributed by atoms with Gasteiger partial charge in [0.1, 0.15) is 0 Å². The lowest BCUT2D eigenvalue weighted by molar-refractivity contribution is -0.00760. The van der Waals surface area contributed by atoms with Gasteiger partial charge in [0.25, 0.3) is 0 Å². The molecule has 1 saturated carbocycles. The Morgan fingerprint density at radius 2 is 2.15 bits per heavy atom. The fraction of sp³-hybridized carbons (Fsp3) is 0.917. The summed E-state index contributed by atoms with van der Waals surface area (Å²) < 4.78 is 31.9. The summed E-state index contributed by atoms with van der Waals surface area (Å²) in [7, 11) is -4.02. The first-order valence-electron chi connectivity index (χ1n) is 6.82. The third-order valence-corrected chi connectivity index (χ3v) is 4.18. The molecule has 0 radical (unpaired) electrons. The molecular formula is C12H24N2O5S. The first-order valence-corrected chi connectivity index (χ1v) is 8.31. The Labute approximate surface area is 120 Å². The molecule has 0 aromatic heterocycles. The quantitative estimate of drug-likeness (QED) is 0.700. The summed E-state index contributed by atoms with van der Waals surface area (Å²) in [6, 6.07) is 0. The van der Waals surface area contributed by atoms with Crippen molar-refractivity contribution in [2.45, 2.75) is 58.2 Å². The largest absolute Gasteiger partial charge is 0.446 e. The van der Waals surface area contributed by atoms with Crippen LogP contribution in [0.15, 0.2) is 0 Å². The number of nitrogens with one attached hydrogen (secondary N) is 2. The highest BCUT2D eigenvalue weighted by atomic mass is 32.2. The molecule has 2 atom stereocenters. The summed E-state index contributed by atoms with van der Waals surface area (Å²) in [5, 5.41) is 10.3. The van der Waals surface area contributed by atoms with E-state index in [1.165, 1.54) is 0 Å². The molecule has 7 nitrogen and oxygen atoms in total. The highest BCUT2D eigenvalue weighted by molar-refractivity contribution is 7.88. The number of hydrogen-bond acceptors (Lipinski definition) is 5. The maximum absolute atomic E-state index is 11.7. The fourth-order valence-corrected chi connectivity index (χ4v) is 3.20. The zero-order chi connectivity index (χ0) is 15.4. The minimum Gasteiger partial charge on any atom is -0.446 e. The van der Waals surface area contributed by atoms with Crippen molar-refractivity contribution < 1.29 is 23.1 Å². The predicted octanol–water partition coefficient (Wildman–Crippen LogP) is 0.897. The normalized spacial score (nSPS) is 27.4. The van der Waals surface area contributed by atoms with Crippen LogP contribution in [-0.4, -0.2) is 37.9 Å². The summed E-state index contributed by atoms with van der Waals surface area (Å²) in [6.45, 7) is 5.15. The maximum Gasteiger partial charge on any atom is 0.422 e. The van der Waals surface area contributed by atoms with Crippen LogP contribution in [0.5, 0.6) is 0 Å². The lowest BCUT2D eigenvalue weighted by Crippen LogP contribution is -2.49. The zero-order valence-electron chi connectivity index (χ0n) is 12.2. The van der Waals surface area contributed by atoms with Gasteiger partial charge in [0.2, 0.25) is 0 Å². The third kappa shape index (κ3) is 6.06. The monoisotopic (exact) mass is 308 g/mol. The van der Waals surface area contributed by atoms with Gasteiger partial charge in [0.15, 0.2) is 0 Å². The summed E-state index contributed by atoms with van der Waals surface area (Å²) in [6.07, 6.45) is 1.56. The number of carbonyl (C=O) groups excluding carboxylic acids is 1. The minimum atomic E-state index is -4.02. The van der Waals surface area contributed by atoms with E-state index in [9.17, 15) is 18.3 Å². The van der Waals surface area contributed by atoms with Crippen LogP contribution < -0.4 is 9.44 Å². The predicted molar refractivity (Wildman–Crippen MR) is 74.3 cm³/mol. The Morgan fingerprint density at radius 1 is 1.50 bits per heavy atom. The highest BCUT2D eigenvalue weighted by Crippen LogP contribution is 2.31. The van der Waals surface area contributed by atoms with E-state index in [4.69, 9.17) is 0 Å². The van der Waals surface area contributed by atoms with Gasteiger partial charge in [-0.2, -0.15) is 13.1 Å². The molecule has 0 aliphatic heterocycles. The molecule has 118 valence electrons. The van der Waals surface area contributed by atoms with Crippen molar-refractivity contribution >= 4 is 16.3 Å². The first kappa shape index (κ1) is 17.2. The summed E-state index contributed by atoms with van der Waals surface area (Å²) in [4.78, 5) is 11.2. The van der Waals surface area contributed by atoms with Crippen molar-refractivity contribution in [3.05, 3.63) is 0 Å². The van der Waals surface area contributed by atoms with E-state index < -0.39 is 28.0 Å². The van der Waals surface area contributed by atoms with Gasteiger partial charge in [0, 0.05) is 6.54 Å². The third-order valence-electron chi connectivity index (χ3n) is 3.22. The molecule has 1 amide bonds. The number of amides is 1. The van der Waals surface area contributed by atoms with Crippen molar-refractivity contribution in [3.63, 3.8) is 0 Å². The summed E-state index contributed by atoms with van der Waals surface area (Å²) in [5.41, 5.74) is -1.05. The van der Waals surface area contributed by atoms with Crippen LogP contribution in [-0.2, 0) is 14.9 Å². The van der Waals surface area contributed by atoms with Crippen LogP contribution in [0.1, 0.15) is 46.5 Å². The summed E-state index contributed by atoms with van der Waals surface area (Å²) in [5.74, 6) is 0.358. The van der Waals surface area contributed by atoms with Gasteiger partial charge in [-0.25, -0.2) is 9.52 Å². The van der Waals surface area contributed by atoms with E-state index in [-0.39, 0.29) is 6.54 Å². The van der Waals surface area contributed by atoms with E-state index in [2.05, 4.69) is 9.46 Å². The molecule has 1 rings (SSSR count). The van der Waals surface area contributed by atoms with Crippen molar-refractivity contribution in [2.75, 3.05) is 6.54 Å². The van der Waals surface area contributed by atoms with Crippen LogP contribution in [0.25, 0.3) is 0 Å². The van der Waals surface area contributed by atoms with Gasteiger partial charge in [-0.15, -0.1) is 0 Å². The van der Waals surface area contributed by atoms with Gasteiger partial charge >= 0.3 is 16.3 Å². The van der Waals surface area contributed by atoms with E-state index in [0.717, 1.165) is 12.8 Å². The van der Waals surface area contributed by atoms with Crippen LogP contribution in [0.2, 0.25) is 0 Å². The molecule has 8 heteroatoms. The SMILES string of the molecule is CC1CCCC(O)(CNS(=O)(=O)NC(=O)OC(C)C)C1. The fourth-order valence-electron chi connectivity index (χ4n) is 2.41. The van der Waals surface area contributed by atoms with Gasteiger partial charge in [-0.05, 0) is 32.6 Å². The average molecular weight is 308 g/mol. The second kappa shape index (κ2) is 6.73. The zero-order valence-corrected chi connectivity index (χ0v) is 13.0. The van der Waals surface area contributed by atoms with E-state index in [1.54, 1.807) is 18.6 Å². The van der Waals surface area contributed by atoms with Crippen LogP contribution >= 0.6 is 0 Å². The smallest absolute Gasteiger partial charge is 0.422 e. The van der Waals surface area contributed by atoms with Gasteiger partial charge in [-0.3, -0.25) is 0 Å². The number of aliphatic hydroxyl groups is 1. The van der Waals surface area contributed by atoms with Crippen molar-refractivity contribution in [3.8, 4) is 0 Å². The molecule has 1 aliphatic rings. The molecule has 0 aromatic carbocycles. The molecule has 0 saturated heterocycles. The second-order valence-corrected chi connectivity index (χ2v) is 7.31. The topological polar surface area (TPSA) is 105 Å². The Balaban J connectivity index is 2.48. The second-order valence-electron chi connectivity index (χ2n) is 5.81. The van der Waals surface area contributed by atoms with Gasteiger partial charge in [-0.1, -0.05) is 19.8 Å². The van der Waals surface area contributed by atoms with Crippen molar-refractivity contribution in [1.29, 1.82) is 0 Å². The molecule has 1 fully saturated rings. The maximum atomic E-state index is 11.7. The molecule has 0 bridgehead atoms. The van der Waals surface area contributed by atoms with Gasteiger partial charge in [0.05, 0.1) is 11.7 Å². The van der Waals surface area contributed by atoms with Crippen LogP contribution in [0.4, 0.5) is 4.79 Å². The van der Waals surface area contributed by atoms with E-state index in [1.807, 2.05) is 6.92 Å². The molecule has 0 heterocycles. The average Bonchev–Trinajstić information content (AvgIpc) is 2.24. The minimum absolute atomic E-state index is 0.109.